The Bertz CT molecular complexity index is 367. The molecule has 17 heavy (non-hydrogen) atoms. The van der Waals surface area contributed by atoms with Crippen molar-refractivity contribution in [3.8, 4) is 0 Å². The van der Waals surface area contributed by atoms with Crippen LogP contribution < -0.4 is 5.32 Å². The van der Waals surface area contributed by atoms with Gasteiger partial charge in [-0.05, 0) is 34.5 Å². The van der Waals surface area contributed by atoms with Gasteiger partial charge in [-0.25, -0.2) is 4.98 Å². The van der Waals surface area contributed by atoms with Gasteiger partial charge in [-0.1, -0.05) is 0 Å². The van der Waals surface area contributed by atoms with Gasteiger partial charge in [0.15, 0.2) is 0 Å². The summed E-state index contributed by atoms with van der Waals surface area (Å²) in [5.74, 6) is 3.50. The van der Waals surface area contributed by atoms with E-state index in [1.807, 2.05) is 12.3 Å². The lowest BCUT2D eigenvalue weighted by Crippen LogP contribution is -2.36. The molecular formula is C12H18BrN3S. The van der Waals surface area contributed by atoms with E-state index in [0.29, 0.717) is 0 Å². The minimum atomic E-state index is 0.955. The van der Waals surface area contributed by atoms with Gasteiger partial charge in [0, 0.05) is 43.9 Å². The van der Waals surface area contributed by atoms with Crippen LogP contribution in [0.4, 0.5) is 5.82 Å². The highest BCUT2D eigenvalue weighted by Gasteiger charge is 2.10. The molecule has 2 heterocycles. The van der Waals surface area contributed by atoms with Crippen LogP contribution in [0, 0.1) is 6.92 Å². The van der Waals surface area contributed by atoms with E-state index in [1.165, 1.54) is 30.2 Å². The van der Waals surface area contributed by atoms with Gasteiger partial charge in [0.05, 0.1) is 4.47 Å². The molecule has 0 saturated carbocycles. The third kappa shape index (κ3) is 3.86. The van der Waals surface area contributed by atoms with Crippen LogP contribution in [-0.2, 0) is 0 Å². The number of nitrogens with one attached hydrogen (secondary N) is 1. The molecule has 5 heteroatoms. The van der Waals surface area contributed by atoms with Crippen LogP contribution in [0.1, 0.15) is 5.56 Å². The van der Waals surface area contributed by atoms with E-state index in [4.69, 9.17) is 0 Å². The first-order valence-electron chi connectivity index (χ1n) is 5.92. The van der Waals surface area contributed by atoms with E-state index in [1.54, 1.807) is 0 Å². The van der Waals surface area contributed by atoms with Gasteiger partial charge in [-0.3, -0.25) is 4.90 Å². The fourth-order valence-electron chi connectivity index (χ4n) is 1.82. The quantitative estimate of drug-likeness (QED) is 0.924. The Hall–Kier alpha value is -0.260. The summed E-state index contributed by atoms with van der Waals surface area (Å²) < 4.78 is 1.08. The van der Waals surface area contributed by atoms with Crippen LogP contribution in [0.3, 0.4) is 0 Å². The minimum absolute atomic E-state index is 0.955. The molecule has 1 aromatic heterocycles. The number of pyridine rings is 1. The highest BCUT2D eigenvalue weighted by molar-refractivity contribution is 9.10. The second-order valence-electron chi connectivity index (χ2n) is 4.17. The molecule has 0 bridgehead atoms. The summed E-state index contributed by atoms with van der Waals surface area (Å²) in [7, 11) is 0. The van der Waals surface area contributed by atoms with Crippen molar-refractivity contribution >= 4 is 33.5 Å². The number of thioether (sulfide) groups is 1. The number of nitrogens with zero attached hydrogens (tertiary/aromatic N) is 2. The first kappa shape index (κ1) is 13.2. The Balaban J connectivity index is 1.79. The van der Waals surface area contributed by atoms with E-state index < -0.39 is 0 Å². The van der Waals surface area contributed by atoms with Crippen molar-refractivity contribution in [2.75, 3.05) is 43.0 Å². The van der Waals surface area contributed by atoms with Crippen molar-refractivity contribution < 1.29 is 0 Å². The van der Waals surface area contributed by atoms with Gasteiger partial charge in [-0.2, -0.15) is 11.8 Å². The first-order chi connectivity index (χ1) is 8.27. The summed E-state index contributed by atoms with van der Waals surface area (Å²) in [6.45, 7) is 6.57. The van der Waals surface area contributed by atoms with E-state index in [2.05, 4.69) is 49.8 Å². The fraction of sp³-hybridized carbons (Fsp3) is 0.583. The molecule has 0 aliphatic carbocycles. The molecule has 3 nitrogen and oxygen atoms in total. The average Bonchev–Trinajstić information content (AvgIpc) is 2.36. The number of hydrogen-bond acceptors (Lipinski definition) is 4. The summed E-state index contributed by atoms with van der Waals surface area (Å²) in [4.78, 5) is 6.85. The normalized spacial score (nSPS) is 17.1. The molecule has 1 aliphatic heterocycles. The van der Waals surface area contributed by atoms with Crippen molar-refractivity contribution in [3.63, 3.8) is 0 Å². The van der Waals surface area contributed by atoms with Crippen LogP contribution in [0.15, 0.2) is 16.7 Å². The minimum Gasteiger partial charge on any atom is -0.368 e. The lowest BCUT2D eigenvalue weighted by Gasteiger charge is -2.26. The molecule has 1 aromatic rings. The maximum Gasteiger partial charge on any atom is 0.140 e. The van der Waals surface area contributed by atoms with E-state index >= 15 is 0 Å². The standard InChI is InChI=1S/C12H18BrN3S/c1-10-2-3-14-12(11(10)13)15-4-5-16-6-8-17-9-7-16/h2-3H,4-9H2,1H3,(H,14,15). The molecule has 0 unspecified atom stereocenters. The van der Waals surface area contributed by atoms with Crippen molar-refractivity contribution in [2.24, 2.45) is 0 Å². The molecule has 0 spiro atoms. The van der Waals surface area contributed by atoms with Gasteiger partial charge in [-0.15, -0.1) is 0 Å². The number of aryl methyl sites for hydroxylation is 1. The Morgan fingerprint density at radius 3 is 3.00 bits per heavy atom. The monoisotopic (exact) mass is 315 g/mol. The van der Waals surface area contributed by atoms with Gasteiger partial charge in [0.1, 0.15) is 5.82 Å². The summed E-state index contributed by atoms with van der Waals surface area (Å²) in [5.41, 5.74) is 1.22. The van der Waals surface area contributed by atoms with Gasteiger partial charge in [0.2, 0.25) is 0 Å². The zero-order chi connectivity index (χ0) is 12.1. The highest BCUT2D eigenvalue weighted by Crippen LogP contribution is 2.22. The van der Waals surface area contributed by atoms with E-state index in [9.17, 15) is 0 Å². The molecule has 0 radical (unpaired) electrons. The Morgan fingerprint density at radius 2 is 2.24 bits per heavy atom. The lowest BCUT2D eigenvalue weighted by molar-refractivity contribution is 0.314. The number of rotatable bonds is 4. The summed E-state index contributed by atoms with van der Waals surface area (Å²) in [6, 6.07) is 2.01. The van der Waals surface area contributed by atoms with Crippen LogP contribution in [0.2, 0.25) is 0 Å². The Labute approximate surface area is 116 Å². The molecular weight excluding hydrogens is 298 g/mol. The van der Waals surface area contributed by atoms with Crippen LogP contribution >= 0.6 is 27.7 Å². The predicted molar refractivity (Wildman–Crippen MR) is 78.9 cm³/mol. The molecule has 1 saturated heterocycles. The molecule has 1 aliphatic rings. The summed E-state index contributed by atoms with van der Waals surface area (Å²) in [6.07, 6.45) is 1.85. The number of halogens is 1. The lowest BCUT2D eigenvalue weighted by atomic mass is 10.3. The van der Waals surface area contributed by atoms with Crippen LogP contribution in [-0.4, -0.2) is 47.6 Å². The molecule has 1 N–H and O–H groups in total. The fourth-order valence-corrected chi connectivity index (χ4v) is 3.17. The zero-order valence-electron chi connectivity index (χ0n) is 10.1. The predicted octanol–water partition coefficient (Wildman–Crippen LogP) is 2.61. The summed E-state index contributed by atoms with van der Waals surface area (Å²) >= 11 is 5.62. The second kappa shape index (κ2) is 6.61. The average molecular weight is 316 g/mol. The van der Waals surface area contributed by atoms with Gasteiger partial charge in [0.25, 0.3) is 0 Å². The third-order valence-corrected chi connectivity index (χ3v) is 4.85. The number of anilines is 1. The van der Waals surface area contributed by atoms with Crippen molar-refractivity contribution in [3.05, 3.63) is 22.3 Å². The number of aromatic nitrogens is 1. The number of hydrogen-bond donors (Lipinski definition) is 1. The van der Waals surface area contributed by atoms with Crippen molar-refractivity contribution in [2.45, 2.75) is 6.92 Å². The molecule has 2 rings (SSSR count). The van der Waals surface area contributed by atoms with Gasteiger partial charge >= 0.3 is 0 Å². The first-order valence-corrected chi connectivity index (χ1v) is 7.87. The van der Waals surface area contributed by atoms with Crippen LogP contribution in [0.5, 0.6) is 0 Å². The zero-order valence-corrected chi connectivity index (χ0v) is 12.5. The molecule has 0 aromatic carbocycles. The van der Waals surface area contributed by atoms with E-state index in [-0.39, 0.29) is 0 Å². The largest absolute Gasteiger partial charge is 0.368 e. The maximum absolute atomic E-state index is 4.34. The Kier molecular flexibility index (Phi) is 5.13. The van der Waals surface area contributed by atoms with Crippen LogP contribution in [0.25, 0.3) is 0 Å². The third-order valence-electron chi connectivity index (χ3n) is 2.91. The van der Waals surface area contributed by atoms with Crippen molar-refractivity contribution in [1.82, 2.24) is 9.88 Å². The maximum atomic E-state index is 4.34. The smallest absolute Gasteiger partial charge is 0.140 e. The SMILES string of the molecule is Cc1ccnc(NCCN2CCSCC2)c1Br. The molecule has 0 atom stereocenters. The van der Waals surface area contributed by atoms with Crippen molar-refractivity contribution in [1.29, 1.82) is 0 Å². The molecule has 0 amide bonds. The van der Waals surface area contributed by atoms with E-state index in [0.717, 1.165) is 23.4 Å². The molecule has 94 valence electrons. The topological polar surface area (TPSA) is 28.2 Å². The summed E-state index contributed by atoms with van der Waals surface area (Å²) in [5, 5.41) is 3.39. The molecule has 1 fully saturated rings. The van der Waals surface area contributed by atoms with Gasteiger partial charge < -0.3 is 5.32 Å². The second-order valence-corrected chi connectivity index (χ2v) is 6.19. The Morgan fingerprint density at radius 1 is 1.47 bits per heavy atom. The highest BCUT2D eigenvalue weighted by atomic mass is 79.9.